The molecule has 1 atom stereocenters. The molecule has 0 saturated carbocycles. The highest BCUT2D eigenvalue weighted by atomic mass is 16.1. The van der Waals surface area contributed by atoms with E-state index in [2.05, 4.69) is 26.3 Å². The number of aromatic nitrogens is 4. The standard InChI is InChI=1S/C32H36N8O2/c1-4-25(36-29-24(19-33)21(3)35-32(34)38-29)30-37-26-11-8-12-27(39-17-15-22(16-18-39)14-13-20(2)41)28(26)31(42)40(30)23-9-6-5-7-10-23/h5-12,22,25H,4,13-18H2,1-3H3,(H3,34,35,36,38)/t25-/m0/s1. The molecular weight excluding hydrogens is 528 g/mol. The number of benzene rings is 2. The van der Waals surface area contributed by atoms with Crippen molar-refractivity contribution in [1.29, 1.82) is 5.26 Å². The van der Waals surface area contributed by atoms with Crippen molar-refractivity contribution in [3.05, 3.63) is 76.0 Å². The summed E-state index contributed by atoms with van der Waals surface area (Å²) in [5, 5.41) is 13.7. The number of ketones is 1. The average molecular weight is 565 g/mol. The van der Waals surface area contributed by atoms with Crippen LogP contribution in [0.2, 0.25) is 0 Å². The quantitative estimate of drug-likeness (QED) is 0.284. The Hall–Kier alpha value is -4.78. The normalized spacial score (nSPS) is 14.5. The second-order valence-electron chi connectivity index (χ2n) is 10.9. The van der Waals surface area contributed by atoms with E-state index in [4.69, 9.17) is 10.7 Å². The summed E-state index contributed by atoms with van der Waals surface area (Å²) in [6.45, 7) is 6.98. The molecule has 0 bridgehead atoms. The summed E-state index contributed by atoms with van der Waals surface area (Å²) in [5.41, 5.74) is 8.72. The molecule has 0 radical (unpaired) electrons. The zero-order chi connectivity index (χ0) is 29.8. The Kier molecular flexibility index (Phi) is 8.48. The maximum atomic E-state index is 14.5. The summed E-state index contributed by atoms with van der Waals surface area (Å²) in [6.07, 6.45) is 4.06. The first-order valence-electron chi connectivity index (χ1n) is 14.5. The molecule has 0 unspecified atom stereocenters. The molecule has 0 amide bonds. The lowest BCUT2D eigenvalue weighted by Gasteiger charge is -2.34. The summed E-state index contributed by atoms with van der Waals surface area (Å²) < 4.78 is 1.66. The average Bonchev–Trinajstić information content (AvgIpc) is 2.99. The van der Waals surface area contributed by atoms with Gasteiger partial charge in [-0.1, -0.05) is 31.2 Å². The van der Waals surface area contributed by atoms with Gasteiger partial charge in [0, 0.05) is 19.5 Å². The molecule has 10 nitrogen and oxygen atoms in total. The largest absolute Gasteiger partial charge is 0.371 e. The number of rotatable bonds is 9. The molecule has 2 aromatic carbocycles. The molecule has 42 heavy (non-hydrogen) atoms. The van der Waals surface area contributed by atoms with Gasteiger partial charge < -0.3 is 20.7 Å². The fourth-order valence-electron chi connectivity index (χ4n) is 5.77. The third kappa shape index (κ3) is 5.81. The number of nitriles is 1. The van der Waals surface area contributed by atoms with E-state index in [1.807, 2.05) is 55.5 Å². The monoisotopic (exact) mass is 564 g/mol. The van der Waals surface area contributed by atoms with Gasteiger partial charge in [-0.05, 0) is 69.7 Å². The van der Waals surface area contributed by atoms with Crippen molar-refractivity contribution in [3.8, 4) is 11.8 Å². The number of para-hydroxylation sites is 1. The minimum Gasteiger partial charge on any atom is -0.371 e. The van der Waals surface area contributed by atoms with Gasteiger partial charge >= 0.3 is 0 Å². The second-order valence-corrected chi connectivity index (χ2v) is 10.9. The molecule has 1 fully saturated rings. The third-order valence-electron chi connectivity index (χ3n) is 8.03. The Morgan fingerprint density at radius 2 is 1.86 bits per heavy atom. The molecule has 4 aromatic rings. The van der Waals surface area contributed by atoms with E-state index in [0.29, 0.717) is 58.2 Å². The minimum atomic E-state index is -0.455. The highest BCUT2D eigenvalue weighted by Crippen LogP contribution is 2.32. The van der Waals surface area contributed by atoms with E-state index in [9.17, 15) is 14.9 Å². The molecule has 3 heterocycles. The lowest BCUT2D eigenvalue weighted by Crippen LogP contribution is -2.35. The van der Waals surface area contributed by atoms with E-state index < -0.39 is 6.04 Å². The highest BCUT2D eigenvalue weighted by Gasteiger charge is 2.26. The maximum absolute atomic E-state index is 14.5. The number of hydrogen-bond donors (Lipinski definition) is 2. The first kappa shape index (κ1) is 28.7. The number of hydrogen-bond acceptors (Lipinski definition) is 9. The molecule has 3 N–H and O–H groups in total. The van der Waals surface area contributed by atoms with Crippen molar-refractivity contribution in [2.45, 2.75) is 58.9 Å². The van der Waals surface area contributed by atoms with Crippen LogP contribution in [0.4, 0.5) is 17.5 Å². The van der Waals surface area contributed by atoms with Crippen LogP contribution in [-0.2, 0) is 4.79 Å². The van der Waals surface area contributed by atoms with Crippen LogP contribution in [-0.4, -0.2) is 38.4 Å². The van der Waals surface area contributed by atoms with Crippen LogP contribution in [0.1, 0.15) is 69.1 Å². The molecule has 1 aliphatic heterocycles. The Balaban J connectivity index is 1.60. The van der Waals surface area contributed by atoms with Crippen molar-refractivity contribution in [3.63, 3.8) is 0 Å². The van der Waals surface area contributed by atoms with Crippen molar-refractivity contribution in [2.24, 2.45) is 5.92 Å². The third-order valence-corrected chi connectivity index (χ3v) is 8.03. The number of aryl methyl sites for hydroxylation is 1. The predicted octanol–water partition coefficient (Wildman–Crippen LogP) is 5.09. The van der Waals surface area contributed by atoms with Crippen LogP contribution in [0.25, 0.3) is 16.6 Å². The zero-order valence-corrected chi connectivity index (χ0v) is 24.3. The molecule has 2 aromatic heterocycles. The number of anilines is 3. The number of nitrogens with zero attached hydrogens (tertiary/aromatic N) is 6. The number of carbonyl (C=O) groups is 1. The highest BCUT2D eigenvalue weighted by molar-refractivity contribution is 5.91. The summed E-state index contributed by atoms with van der Waals surface area (Å²) in [6, 6.07) is 17.0. The van der Waals surface area contributed by atoms with Crippen LogP contribution >= 0.6 is 0 Å². The topological polar surface area (TPSA) is 143 Å². The van der Waals surface area contributed by atoms with E-state index in [1.165, 1.54) is 0 Å². The van der Waals surface area contributed by atoms with Gasteiger partial charge in [0.15, 0.2) is 0 Å². The maximum Gasteiger partial charge on any atom is 0.268 e. The summed E-state index contributed by atoms with van der Waals surface area (Å²) >= 11 is 0. The van der Waals surface area contributed by atoms with Crippen molar-refractivity contribution in [1.82, 2.24) is 19.5 Å². The minimum absolute atomic E-state index is 0.0606. The van der Waals surface area contributed by atoms with E-state index in [1.54, 1.807) is 18.4 Å². The molecule has 216 valence electrons. The number of fused-ring (bicyclic) bond motifs is 1. The molecular formula is C32H36N8O2. The first-order valence-corrected chi connectivity index (χ1v) is 14.5. The number of carbonyl (C=O) groups excluding carboxylic acids is 1. The Morgan fingerprint density at radius 1 is 1.12 bits per heavy atom. The lowest BCUT2D eigenvalue weighted by molar-refractivity contribution is -0.117. The molecule has 0 aliphatic carbocycles. The summed E-state index contributed by atoms with van der Waals surface area (Å²) in [7, 11) is 0. The van der Waals surface area contributed by atoms with Gasteiger partial charge in [0.1, 0.15) is 29.1 Å². The van der Waals surface area contributed by atoms with Crippen LogP contribution in [0.3, 0.4) is 0 Å². The summed E-state index contributed by atoms with van der Waals surface area (Å²) in [5.74, 6) is 1.63. The van der Waals surface area contributed by atoms with Gasteiger partial charge in [0.2, 0.25) is 5.95 Å². The van der Waals surface area contributed by atoms with Crippen LogP contribution < -0.4 is 21.5 Å². The van der Waals surface area contributed by atoms with Crippen LogP contribution in [0.5, 0.6) is 0 Å². The van der Waals surface area contributed by atoms with Gasteiger partial charge in [0.05, 0.1) is 34.0 Å². The number of nitrogens with two attached hydrogens (primary N) is 1. The smallest absolute Gasteiger partial charge is 0.268 e. The Bertz CT molecular complexity index is 1700. The fourth-order valence-corrected chi connectivity index (χ4v) is 5.77. The Labute approximate surface area is 245 Å². The number of Topliss-reactive ketones (excluding diaryl/α,β-unsaturated/α-hetero) is 1. The van der Waals surface area contributed by atoms with Gasteiger partial charge in [-0.15, -0.1) is 0 Å². The Morgan fingerprint density at radius 3 is 2.52 bits per heavy atom. The van der Waals surface area contributed by atoms with Gasteiger partial charge in [-0.3, -0.25) is 9.36 Å². The van der Waals surface area contributed by atoms with E-state index >= 15 is 0 Å². The number of nitrogen functional groups attached to an aromatic ring is 1. The predicted molar refractivity (Wildman–Crippen MR) is 165 cm³/mol. The second kappa shape index (κ2) is 12.4. The van der Waals surface area contributed by atoms with Gasteiger partial charge in [0.25, 0.3) is 5.56 Å². The SMILES string of the molecule is CC[C@H](Nc1nc(N)nc(C)c1C#N)c1nc2cccc(N3CCC(CCC(C)=O)CC3)c2c(=O)n1-c1ccccc1. The number of piperidine rings is 1. The number of nitrogens with one attached hydrogen (secondary N) is 1. The van der Waals surface area contributed by atoms with E-state index in [-0.39, 0.29) is 17.3 Å². The fraction of sp³-hybridized carbons (Fsp3) is 0.375. The van der Waals surface area contributed by atoms with Gasteiger partial charge in [-0.25, -0.2) is 9.97 Å². The van der Waals surface area contributed by atoms with Crippen molar-refractivity contribution < 1.29 is 4.79 Å². The molecule has 10 heteroatoms. The van der Waals surface area contributed by atoms with Crippen molar-refractivity contribution >= 4 is 34.1 Å². The van der Waals surface area contributed by atoms with Crippen LogP contribution in [0, 0.1) is 24.2 Å². The first-order chi connectivity index (χ1) is 20.3. The van der Waals surface area contributed by atoms with Crippen LogP contribution in [0.15, 0.2) is 53.3 Å². The van der Waals surface area contributed by atoms with Crippen molar-refractivity contribution in [2.75, 3.05) is 29.0 Å². The molecule has 0 spiro atoms. The zero-order valence-electron chi connectivity index (χ0n) is 24.3. The lowest BCUT2D eigenvalue weighted by atomic mass is 9.91. The molecule has 5 rings (SSSR count). The molecule has 1 aliphatic rings. The van der Waals surface area contributed by atoms with E-state index in [0.717, 1.165) is 38.0 Å². The molecule has 1 saturated heterocycles. The van der Waals surface area contributed by atoms with Gasteiger partial charge in [-0.2, -0.15) is 10.2 Å². The summed E-state index contributed by atoms with van der Waals surface area (Å²) in [4.78, 5) is 41.7.